The van der Waals surface area contributed by atoms with Gasteiger partial charge in [0, 0.05) is 18.7 Å². The van der Waals surface area contributed by atoms with Gasteiger partial charge in [0.1, 0.15) is 6.54 Å². The number of carbonyl (C=O) groups is 3. The molecule has 2 amide bonds. The minimum Gasteiger partial charge on any atom is -0.493 e. The summed E-state index contributed by atoms with van der Waals surface area (Å²) in [5.74, 6) is -0.595. The Labute approximate surface area is 175 Å². The molecule has 1 saturated heterocycles. The van der Waals surface area contributed by atoms with Crippen molar-refractivity contribution in [2.24, 2.45) is 0 Å². The minimum atomic E-state index is -0.724. The first kappa shape index (κ1) is 23.3. The van der Waals surface area contributed by atoms with Crippen LogP contribution in [0.4, 0.5) is 0 Å². The molecule has 2 atom stereocenters. The summed E-state index contributed by atoms with van der Waals surface area (Å²) in [5, 5.41) is 2.45. The summed E-state index contributed by atoms with van der Waals surface area (Å²) >= 11 is 0. The maximum atomic E-state index is 12.4. The Hall–Kier alpha value is -3.01. The fraction of sp³-hybridized carbons (Fsp3) is 0.550. The number of nitrogens with zero attached hydrogens (tertiary/aromatic N) is 1. The van der Waals surface area contributed by atoms with Gasteiger partial charge in [0.15, 0.2) is 18.1 Å². The average Bonchev–Trinajstić information content (AvgIpc) is 2.73. The Balaban J connectivity index is 1.87. The standard InChI is InChI=1S/C20H28N2O8/c1-12-9-22(10-13(2)30-12)17(23)11-29-18(24)8-21-20(25)14-6-15(26-3)19(28-5)16(7-14)27-4/h6-7,12-13H,8-11H2,1-5H3,(H,21,25)/t12-,13-/m0/s1. The highest BCUT2D eigenvalue weighted by atomic mass is 16.5. The summed E-state index contributed by atoms with van der Waals surface area (Å²) in [4.78, 5) is 38.1. The molecule has 0 radical (unpaired) electrons. The first-order chi connectivity index (χ1) is 14.3. The van der Waals surface area contributed by atoms with Gasteiger partial charge < -0.3 is 33.9 Å². The number of esters is 1. The topological polar surface area (TPSA) is 113 Å². The Morgan fingerprint density at radius 1 is 1.03 bits per heavy atom. The Bertz CT molecular complexity index is 747. The highest BCUT2D eigenvalue weighted by Gasteiger charge is 2.26. The lowest BCUT2D eigenvalue weighted by atomic mass is 10.1. The third-order valence-electron chi connectivity index (χ3n) is 4.45. The van der Waals surface area contributed by atoms with Crippen LogP contribution in [0.3, 0.4) is 0 Å². The maximum Gasteiger partial charge on any atom is 0.325 e. The number of rotatable bonds is 8. The van der Waals surface area contributed by atoms with Gasteiger partial charge in [0.2, 0.25) is 5.75 Å². The van der Waals surface area contributed by atoms with Crippen molar-refractivity contribution in [3.8, 4) is 17.2 Å². The number of carbonyl (C=O) groups excluding carboxylic acids is 3. The van der Waals surface area contributed by atoms with Crippen LogP contribution >= 0.6 is 0 Å². The molecule has 1 aromatic rings. The maximum absolute atomic E-state index is 12.4. The predicted molar refractivity (Wildman–Crippen MR) is 106 cm³/mol. The Morgan fingerprint density at radius 2 is 1.60 bits per heavy atom. The van der Waals surface area contributed by atoms with E-state index < -0.39 is 25.0 Å². The van der Waals surface area contributed by atoms with Gasteiger partial charge in [-0.25, -0.2) is 0 Å². The van der Waals surface area contributed by atoms with Crippen molar-refractivity contribution in [3.63, 3.8) is 0 Å². The molecular formula is C20H28N2O8. The van der Waals surface area contributed by atoms with Gasteiger partial charge >= 0.3 is 5.97 Å². The molecule has 0 saturated carbocycles. The molecule has 1 aliphatic rings. The molecule has 1 aromatic carbocycles. The van der Waals surface area contributed by atoms with Crippen LogP contribution in [0.25, 0.3) is 0 Å². The van der Waals surface area contributed by atoms with Crippen molar-refractivity contribution in [1.29, 1.82) is 0 Å². The van der Waals surface area contributed by atoms with E-state index in [0.29, 0.717) is 30.3 Å². The first-order valence-corrected chi connectivity index (χ1v) is 9.46. The second-order valence-corrected chi connectivity index (χ2v) is 6.81. The average molecular weight is 424 g/mol. The zero-order valence-electron chi connectivity index (χ0n) is 17.9. The Kier molecular flexibility index (Phi) is 8.28. The van der Waals surface area contributed by atoms with Crippen molar-refractivity contribution in [2.45, 2.75) is 26.1 Å². The van der Waals surface area contributed by atoms with E-state index in [1.165, 1.54) is 33.5 Å². The molecule has 30 heavy (non-hydrogen) atoms. The van der Waals surface area contributed by atoms with E-state index in [9.17, 15) is 14.4 Å². The molecule has 2 rings (SSSR count). The van der Waals surface area contributed by atoms with Crippen LogP contribution in [0.5, 0.6) is 17.2 Å². The van der Waals surface area contributed by atoms with Crippen molar-refractivity contribution in [1.82, 2.24) is 10.2 Å². The summed E-state index contributed by atoms with van der Waals surface area (Å²) in [6.07, 6.45) is -0.155. The second-order valence-electron chi connectivity index (χ2n) is 6.81. The van der Waals surface area contributed by atoms with Crippen molar-refractivity contribution < 1.29 is 38.1 Å². The normalized spacial score (nSPS) is 18.4. The van der Waals surface area contributed by atoms with E-state index in [1.54, 1.807) is 4.90 Å². The monoisotopic (exact) mass is 424 g/mol. The van der Waals surface area contributed by atoms with E-state index in [2.05, 4.69) is 5.32 Å². The van der Waals surface area contributed by atoms with Crippen LogP contribution in [0, 0.1) is 0 Å². The van der Waals surface area contributed by atoms with Gasteiger partial charge in [-0.1, -0.05) is 0 Å². The number of ether oxygens (including phenoxy) is 5. The molecule has 0 unspecified atom stereocenters. The lowest BCUT2D eigenvalue weighted by Gasteiger charge is -2.35. The van der Waals surface area contributed by atoms with Crippen LogP contribution in [0.1, 0.15) is 24.2 Å². The molecule has 0 aliphatic carbocycles. The molecule has 0 bridgehead atoms. The molecule has 10 heteroatoms. The Morgan fingerprint density at radius 3 is 2.10 bits per heavy atom. The quantitative estimate of drug-likeness (QED) is 0.605. The summed E-state index contributed by atoms with van der Waals surface area (Å²) < 4.78 is 26.2. The largest absolute Gasteiger partial charge is 0.493 e. The van der Waals surface area contributed by atoms with Gasteiger partial charge in [-0.2, -0.15) is 0 Å². The number of nitrogens with one attached hydrogen (secondary N) is 1. The van der Waals surface area contributed by atoms with Gasteiger partial charge in [0.05, 0.1) is 33.5 Å². The number of hydrogen-bond acceptors (Lipinski definition) is 8. The van der Waals surface area contributed by atoms with Crippen molar-refractivity contribution >= 4 is 17.8 Å². The summed E-state index contributed by atoms with van der Waals surface area (Å²) in [7, 11) is 4.32. The molecule has 1 N–H and O–H groups in total. The number of morpholine rings is 1. The number of benzene rings is 1. The third kappa shape index (κ3) is 5.99. The van der Waals surface area contributed by atoms with E-state index in [0.717, 1.165) is 0 Å². The van der Waals surface area contributed by atoms with E-state index in [1.807, 2.05) is 13.8 Å². The third-order valence-corrected chi connectivity index (χ3v) is 4.45. The number of amides is 2. The zero-order chi connectivity index (χ0) is 22.3. The van der Waals surface area contributed by atoms with E-state index in [-0.39, 0.29) is 23.7 Å². The van der Waals surface area contributed by atoms with Crippen molar-refractivity contribution in [2.75, 3.05) is 47.6 Å². The molecule has 10 nitrogen and oxygen atoms in total. The summed E-state index contributed by atoms with van der Waals surface area (Å²) in [5.41, 5.74) is 0.213. The lowest BCUT2D eigenvalue weighted by Crippen LogP contribution is -2.49. The molecule has 0 spiro atoms. The first-order valence-electron chi connectivity index (χ1n) is 9.46. The number of hydrogen-bond donors (Lipinski definition) is 1. The van der Waals surface area contributed by atoms with Crippen LogP contribution in [0.15, 0.2) is 12.1 Å². The molecule has 1 aliphatic heterocycles. The van der Waals surface area contributed by atoms with E-state index in [4.69, 9.17) is 23.7 Å². The van der Waals surface area contributed by atoms with Crippen LogP contribution in [0.2, 0.25) is 0 Å². The van der Waals surface area contributed by atoms with Gasteiger partial charge in [-0.15, -0.1) is 0 Å². The minimum absolute atomic E-state index is 0.0776. The molecule has 166 valence electrons. The second kappa shape index (κ2) is 10.7. The fourth-order valence-electron chi connectivity index (χ4n) is 3.13. The molecule has 0 aromatic heterocycles. The van der Waals surface area contributed by atoms with Gasteiger partial charge in [-0.05, 0) is 26.0 Å². The SMILES string of the molecule is COc1cc(C(=O)NCC(=O)OCC(=O)N2C[C@H](C)O[C@@H](C)C2)cc(OC)c1OC. The highest BCUT2D eigenvalue weighted by molar-refractivity contribution is 5.97. The van der Waals surface area contributed by atoms with E-state index >= 15 is 0 Å². The number of methoxy groups -OCH3 is 3. The molecular weight excluding hydrogens is 396 g/mol. The highest BCUT2D eigenvalue weighted by Crippen LogP contribution is 2.38. The molecule has 1 heterocycles. The van der Waals surface area contributed by atoms with Crippen molar-refractivity contribution in [3.05, 3.63) is 17.7 Å². The molecule has 1 fully saturated rings. The van der Waals surface area contributed by atoms with Crippen LogP contribution < -0.4 is 19.5 Å². The van der Waals surface area contributed by atoms with Gasteiger partial charge in [0.25, 0.3) is 11.8 Å². The smallest absolute Gasteiger partial charge is 0.325 e. The zero-order valence-corrected chi connectivity index (χ0v) is 17.9. The fourth-order valence-corrected chi connectivity index (χ4v) is 3.13. The summed E-state index contributed by atoms with van der Waals surface area (Å²) in [6, 6.07) is 2.93. The van der Waals surface area contributed by atoms with Gasteiger partial charge in [-0.3, -0.25) is 14.4 Å². The predicted octanol–water partition coefficient (Wildman–Crippen LogP) is 0.621. The van der Waals surface area contributed by atoms with Crippen LogP contribution in [-0.4, -0.2) is 82.5 Å². The lowest BCUT2D eigenvalue weighted by molar-refractivity contribution is -0.156. The summed E-state index contributed by atoms with van der Waals surface area (Å²) in [6.45, 7) is 3.86. The van der Waals surface area contributed by atoms with Crippen LogP contribution in [-0.2, 0) is 19.1 Å².